The van der Waals surface area contributed by atoms with Gasteiger partial charge < -0.3 is 15.2 Å². The highest BCUT2D eigenvalue weighted by molar-refractivity contribution is 9.10. The Morgan fingerprint density at radius 2 is 1.43 bits per heavy atom. The van der Waals surface area contributed by atoms with Gasteiger partial charge in [0.05, 0.1) is 10.9 Å². The van der Waals surface area contributed by atoms with Gasteiger partial charge in [-0.25, -0.2) is 0 Å². The first-order valence-electron chi connectivity index (χ1n) is 12.0. The monoisotopic (exact) mass is 539 g/mol. The molecule has 1 aromatic heterocycles. The Kier molecular flexibility index (Phi) is 7.29. The molecule has 0 spiro atoms. The standard InChI is InChI=1S/C29H38BrN3O2/c1-18-10-12-19(13-11-18)23-15-20-14-21(29(8,9)26(35)32-28(5,6)7)16-22(30)25(20)33(23)17-24(34)31-27(2,3)4/h10-16H,17H2,1-9H3,(H,31,34)(H,32,35). The molecule has 0 aliphatic rings. The number of aryl methyl sites for hydroxylation is 1. The van der Waals surface area contributed by atoms with Crippen molar-refractivity contribution in [1.29, 1.82) is 0 Å². The van der Waals surface area contributed by atoms with Crippen molar-refractivity contribution in [3.63, 3.8) is 0 Å². The Hall–Kier alpha value is -2.60. The van der Waals surface area contributed by atoms with Gasteiger partial charge in [-0.1, -0.05) is 29.8 Å². The lowest BCUT2D eigenvalue weighted by Gasteiger charge is -2.30. The molecule has 3 aromatic rings. The Morgan fingerprint density at radius 1 is 0.857 bits per heavy atom. The molecule has 0 bridgehead atoms. The molecule has 0 radical (unpaired) electrons. The minimum atomic E-state index is -0.736. The van der Waals surface area contributed by atoms with Crippen molar-refractivity contribution in [2.75, 3.05) is 0 Å². The first kappa shape index (κ1) is 27.0. The van der Waals surface area contributed by atoms with E-state index in [1.165, 1.54) is 5.56 Å². The summed E-state index contributed by atoms with van der Waals surface area (Å²) in [4.78, 5) is 26.1. The predicted octanol–water partition coefficient (Wildman–Crippen LogP) is 6.49. The summed E-state index contributed by atoms with van der Waals surface area (Å²) in [6.07, 6.45) is 0. The molecule has 0 fully saturated rings. The molecule has 0 saturated heterocycles. The number of carbonyl (C=O) groups excluding carboxylic acids is 2. The van der Waals surface area contributed by atoms with Gasteiger partial charge in [0.15, 0.2) is 0 Å². The Labute approximate surface area is 217 Å². The smallest absolute Gasteiger partial charge is 0.240 e. The van der Waals surface area contributed by atoms with Crippen molar-refractivity contribution in [3.05, 3.63) is 58.1 Å². The number of aromatic nitrogens is 1. The van der Waals surface area contributed by atoms with Crippen LogP contribution in [0.25, 0.3) is 22.2 Å². The SMILES string of the molecule is Cc1ccc(-c2cc3cc(C(C)(C)C(=O)NC(C)(C)C)cc(Br)c3n2CC(=O)NC(C)(C)C)cc1. The van der Waals surface area contributed by atoms with Gasteiger partial charge in [0, 0.05) is 26.6 Å². The molecular weight excluding hydrogens is 502 g/mol. The van der Waals surface area contributed by atoms with Crippen LogP contribution in [-0.2, 0) is 21.5 Å². The Bertz CT molecular complexity index is 1260. The lowest BCUT2D eigenvalue weighted by atomic mass is 9.82. The number of hydrogen-bond acceptors (Lipinski definition) is 2. The Morgan fingerprint density at radius 3 is 1.97 bits per heavy atom. The van der Waals surface area contributed by atoms with Crippen molar-refractivity contribution in [1.82, 2.24) is 15.2 Å². The van der Waals surface area contributed by atoms with Crippen LogP contribution in [-0.4, -0.2) is 27.5 Å². The number of fused-ring (bicyclic) bond motifs is 1. The van der Waals surface area contributed by atoms with Crippen LogP contribution in [0.5, 0.6) is 0 Å². The fourth-order valence-corrected chi connectivity index (χ4v) is 4.77. The molecule has 188 valence electrons. The average Bonchev–Trinajstić information content (AvgIpc) is 3.04. The first-order valence-corrected chi connectivity index (χ1v) is 12.8. The predicted molar refractivity (Wildman–Crippen MR) is 149 cm³/mol. The van der Waals surface area contributed by atoms with Crippen LogP contribution in [0.1, 0.15) is 66.5 Å². The fraction of sp³-hybridized carbons (Fsp3) is 0.448. The van der Waals surface area contributed by atoms with Gasteiger partial charge in [0.25, 0.3) is 0 Å². The van der Waals surface area contributed by atoms with Gasteiger partial charge in [0.2, 0.25) is 11.8 Å². The second-order valence-electron chi connectivity index (χ2n) is 12.0. The zero-order valence-corrected chi connectivity index (χ0v) is 24.0. The maximum Gasteiger partial charge on any atom is 0.240 e. The molecule has 0 aliphatic carbocycles. The third kappa shape index (κ3) is 6.35. The number of hydrogen-bond donors (Lipinski definition) is 2. The van der Waals surface area contributed by atoms with E-state index < -0.39 is 5.41 Å². The van der Waals surface area contributed by atoms with Crippen LogP contribution in [0, 0.1) is 6.92 Å². The molecule has 1 heterocycles. The van der Waals surface area contributed by atoms with Crippen LogP contribution < -0.4 is 10.6 Å². The van der Waals surface area contributed by atoms with Crippen molar-refractivity contribution in [2.24, 2.45) is 0 Å². The summed E-state index contributed by atoms with van der Waals surface area (Å²) < 4.78 is 2.90. The fourth-order valence-electron chi connectivity index (χ4n) is 4.08. The molecule has 5 nitrogen and oxygen atoms in total. The van der Waals surface area contributed by atoms with E-state index >= 15 is 0 Å². The molecule has 2 N–H and O–H groups in total. The number of benzene rings is 2. The summed E-state index contributed by atoms with van der Waals surface area (Å²) in [6.45, 7) is 18.0. The van der Waals surface area contributed by atoms with Crippen LogP contribution >= 0.6 is 15.9 Å². The van der Waals surface area contributed by atoms with E-state index in [1.807, 2.05) is 61.5 Å². The second-order valence-corrected chi connectivity index (χ2v) is 12.9. The maximum atomic E-state index is 13.1. The molecule has 0 unspecified atom stereocenters. The Balaban J connectivity index is 2.17. The van der Waals surface area contributed by atoms with Crippen molar-refractivity contribution < 1.29 is 9.59 Å². The third-order valence-electron chi connectivity index (χ3n) is 5.89. The molecule has 2 aromatic carbocycles. The number of nitrogens with zero attached hydrogens (tertiary/aromatic N) is 1. The minimum absolute atomic E-state index is 0.0287. The van der Waals surface area contributed by atoms with Crippen molar-refractivity contribution in [3.8, 4) is 11.3 Å². The van der Waals surface area contributed by atoms with Gasteiger partial charge in [-0.15, -0.1) is 0 Å². The summed E-state index contributed by atoms with van der Waals surface area (Å²) in [5.41, 5.74) is 3.63. The number of rotatable bonds is 5. The molecule has 0 saturated carbocycles. The average molecular weight is 541 g/mol. The van der Waals surface area contributed by atoms with Crippen molar-refractivity contribution in [2.45, 2.75) is 85.4 Å². The van der Waals surface area contributed by atoms with E-state index in [-0.39, 0.29) is 29.4 Å². The normalized spacial score (nSPS) is 12.6. The summed E-state index contributed by atoms with van der Waals surface area (Å²) in [6, 6.07) is 14.5. The summed E-state index contributed by atoms with van der Waals surface area (Å²) in [5.74, 6) is -0.0804. The zero-order valence-electron chi connectivity index (χ0n) is 22.4. The first-order chi connectivity index (χ1) is 16.0. The van der Waals surface area contributed by atoms with Crippen LogP contribution in [0.2, 0.25) is 0 Å². The molecule has 3 rings (SSSR count). The highest BCUT2D eigenvalue weighted by Gasteiger charge is 2.33. The van der Waals surface area contributed by atoms with Gasteiger partial charge in [-0.3, -0.25) is 9.59 Å². The molecule has 35 heavy (non-hydrogen) atoms. The van der Waals surface area contributed by atoms with Crippen LogP contribution in [0.4, 0.5) is 0 Å². The van der Waals surface area contributed by atoms with Crippen LogP contribution in [0.3, 0.4) is 0 Å². The lowest BCUT2D eigenvalue weighted by Crippen LogP contribution is -2.48. The van der Waals surface area contributed by atoms with E-state index in [4.69, 9.17) is 0 Å². The molecular formula is C29H38BrN3O2. The number of nitrogens with one attached hydrogen (secondary N) is 2. The number of amides is 2. The summed E-state index contributed by atoms with van der Waals surface area (Å²) in [7, 11) is 0. The largest absolute Gasteiger partial charge is 0.351 e. The van der Waals surface area contributed by atoms with Gasteiger partial charge in [-0.05, 0) is 108 Å². The summed E-state index contributed by atoms with van der Waals surface area (Å²) in [5, 5.41) is 7.16. The van der Waals surface area contributed by atoms with E-state index in [2.05, 4.69) is 74.5 Å². The molecule has 0 aliphatic heterocycles. The highest BCUT2D eigenvalue weighted by Crippen LogP contribution is 2.37. The van der Waals surface area contributed by atoms with E-state index in [0.717, 1.165) is 32.2 Å². The highest BCUT2D eigenvalue weighted by atomic mass is 79.9. The third-order valence-corrected chi connectivity index (χ3v) is 6.49. The number of carbonyl (C=O) groups is 2. The van der Waals surface area contributed by atoms with E-state index in [1.54, 1.807) is 0 Å². The van der Waals surface area contributed by atoms with Gasteiger partial charge in [0.1, 0.15) is 6.54 Å². The van der Waals surface area contributed by atoms with E-state index in [9.17, 15) is 9.59 Å². The zero-order chi connectivity index (χ0) is 26.3. The van der Waals surface area contributed by atoms with Gasteiger partial charge >= 0.3 is 0 Å². The van der Waals surface area contributed by atoms with Crippen LogP contribution in [0.15, 0.2) is 46.9 Å². The quantitative estimate of drug-likeness (QED) is 0.389. The van der Waals surface area contributed by atoms with Crippen molar-refractivity contribution >= 4 is 38.6 Å². The second kappa shape index (κ2) is 9.45. The minimum Gasteiger partial charge on any atom is -0.351 e. The summed E-state index contributed by atoms with van der Waals surface area (Å²) >= 11 is 3.77. The molecule has 0 atom stereocenters. The molecule has 2 amide bonds. The van der Waals surface area contributed by atoms with E-state index in [0.29, 0.717) is 0 Å². The topological polar surface area (TPSA) is 63.1 Å². The lowest BCUT2D eigenvalue weighted by molar-refractivity contribution is -0.127. The maximum absolute atomic E-state index is 13.1. The van der Waals surface area contributed by atoms with Gasteiger partial charge in [-0.2, -0.15) is 0 Å². The number of halogens is 1. The molecule has 6 heteroatoms.